The minimum absolute atomic E-state index is 0.390. The average molecular weight is 248 g/mol. The molecule has 2 aromatic rings. The number of rotatable bonds is 4. The van der Waals surface area contributed by atoms with Crippen LogP contribution in [0.3, 0.4) is 0 Å². The Hall–Kier alpha value is -1.95. The van der Waals surface area contributed by atoms with E-state index in [0.29, 0.717) is 17.9 Å². The van der Waals surface area contributed by atoms with Crippen molar-refractivity contribution in [3.05, 3.63) is 40.0 Å². The number of hydrogen-bond acceptors (Lipinski definition) is 5. The van der Waals surface area contributed by atoms with E-state index in [9.17, 15) is 4.79 Å². The SMILES string of the molecule is Cc1cnc(CNc2ncccc2C(N)=O)s1. The van der Waals surface area contributed by atoms with E-state index >= 15 is 0 Å². The first-order chi connectivity index (χ1) is 8.16. The second-order valence-corrected chi connectivity index (χ2v) is 4.80. The molecule has 0 fully saturated rings. The summed E-state index contributed by atoms with van der Waals surface area (Å²) in [7, 11) is 0. The van der Waals surface area contributed by atoms with Crippen LogP contribution in [-0.4, -0.2) is 15.9 Å². The molecule has 0 spiro atoms. The Kier molecular flexibility index (Phi) is 3.34. The number of carbonyl (C=O) groups excluding carboxylic acids is 1. The van der Waals surface area contributed by atoms with Gasteiger partial charge in [0.25, 0.3) is 5.91 Å². The lowest BCUT2D eigenvalue weighted by atomic mass is 10.2. The summed E-state index contributed by atoms with van der Waals surface area (Å²) in [5, 5.41) is 4.01. The first kappa shape index (κ1) is 11.5. The number of hydrogen-bond donors (Lipinski definition) is 2. The molecule has 0 saturated heterocycles. The number of nitrogens with two attached hydrogens (primary N) is 1. The van der Waals surface area contributed by atoms with Crippen LogP contribution in [0.4, 0.5) is 5.82 Å². The summed E-state index contributed by atoms with van der Waals surface area (Å²) in [5.74, 6) is 0.00349. The molecule has 0 aromatic carbocycles. The summed E-state index contributed by atoms with van der Waals surface area (Å²) in [4.78, 5) is 20.6. The number of thiazole rings is 1. The highest BCUT2D eigenvalue weighted by Gasteiger charge is 2.08. The quantitative estimate of drug-likeness (QED) is 0.860. The second kappa shape index (κ2) is 4.92. The van der Waals surface area contributed by atoms with Gasteiger partial charge >= 0.3 is 0 Å². The topological polar surface area (TPSA) is 80.9 Å². The van der Waals surface area contributed by atoms with Crippen LogP contribution in [0.25, 0.3) is 0 Å². The minimum Gasteiger partial charge on any atom is -0.365 e. The van der Waals surface area contributed by atoms with E-state index in [-0.39, 0.29) is 0 Å². The lowest BCUT2D eigenvalue weighted by molar-refractivity contribution is 0.100. The number of aromatic nitrogens is 2. The minimum atomic E-state index is -0.490. The molecule has 3 N–H and O–H groups in total. The Morgan fingerprint density at radius 2 is 2.35 bits per heavy atom. The zero-order valence-corrected chi connectivity index (χ0v) is 10.1. The fourth-order valence-corrected chi connectivity index (χ4v) is 2.11. The molecule has 2 rings (SSSR count). The van der Waals surface area contributed by atoms with Crippen LogP contribution in [0, 0.1) is 6.92 Å². The Balaban J connectivity index is 2.11. The number of aryl methyl sites for hydroxylation is 1. The Morgan fingerprint density at radius 3 is 3.00 bits per heavy atom. The van der Waals surface area contributed by atoms with Crippen LogP contribution in [-0.2, 0) is 6.54 Å². The molecule has 0 aliphatic carbocycles. The maximum Gasteiger partial charge on any atom is 0.252 e. The van der Waals surface area contributed by atoms with E-state index < -0.39 is 5.91 Å². The number of nitrogens with zero attached hydrogens (tertiary/aromatic N) is 2. The average Bonchev–Trinajstić information content (AvgIpc) is 2.73. The van der Waals surface area contributed by atoms with Crippen molar-refractivity contribution in [2.24, 2.45) is 5.73 Å². The van der Waals surface area contributed by atoms with Gasteiger partial charge in [0.2, 0.25) is 0 Å². The summed E-state index contributed by atoms with van der Waals surface area (Å²) in [5.41, 5.74) is 5.65. The van der Waals surface area contributed by atoms with Crippen molar-refractivity contribution in [2.45, 2.75) is 13.5 Å². The summed E-state index contributed by atoms with van der Waals surface area (Å²) in [6, 6.07) is 3.32. The van der Waals surface area contributed by atoms with Gasteiger partial charge in [-0.15, -0.1) is 11.3 Å². The van der Waals surface area contributed by atoms with Gasteiger partial charge in [-0.05, 0) is 19.1 Å². The first-order valence-corrected chi connectivity index (χ1v) is 5.88. The fraction of sp³-hybridized carbons (Fsp3) is 0.182. The third-order valence-corrected chi connectivity index (χ3v) is 3.06. The third kappa shape index (κ3) is 2.79. The highest BCUT2D eigenvalue weighted by atomic mass is 32.1. The number of nitrogens with one attached hydrogen (secondary N) is 1. The van der Waals surface area contributed by atoms with Crippen LogP contribution in [0.5, 0.6) is 0 Å². The number of amides is 1. The van der Waals surface area contributed by atoms with Crippen molar-refractivity contribution in [1.29, 1.82) is 0 Å². The van der Waals surface area contributed by atoms with Gasteiger partial charge in [-0.25, -0.2) is 9.97 Å². The molecule has 2 aromatic heterocycles. The Morgan fingerprint density at radius 1 is 1.53 bits per heavy atom. The first-order valence-electron chi connectivity index (χ1n) is 5.07. The standard InChI is InChI=1S/C11H12N4OS/c1-7-5-14-9(17-7)6-15-11-8(10(12)16)3-2-4-13-11/h2-5H,6H2,1H3,(H2,12,16)(H,13,15). The summed E-state index contributed by atoms with van der Waals surface area (Å²) in [6.07, 6.45) is 3.43. The van der Waals surface area contributed by atoms with Gasteiger partial charge in [0, 0.05) is 17.3 Å². The van der Waals surface area contributed by atoms with Crippen LogP contribution >= 0.6 is 11.3 Å². The highest BCUT2D eigenvalue weighted by Crippen LogP contribution is 2.15. The summed E-state index contributed by atoms with van der Waals surface area (Å²) >= 11 is 1.60. The zero-order chi connectivity index (χ0) is 12.3. The molecule has 0 unspecified atom stereocenters. The molecule has 1 amide bonds. The van der Waals surface area contributed by atoms with Crippen molar-refractivity contribution >= 4 is 23.1 Å². The van der Waals surface area contributed by atoms with Crippen LogP contribution in [0.15, 0.2) is 24.5 Å². The lowest BCUT2D eigenvalue weighted by Crippen LogP contribution is -2.15. The van der Waals surface area contributed by atoms with Gasteiger partial charge in [0.15, 0.2) is 0 Å². The third-order valence-electron chi connectivity index (χ3n) is 2.15. The van der Waals surface area contributed by atoms with Crippen molar-refractivity contribution < 1.29 is 4.79 Å². The molecule has 88 valence electrons. The van der Waals surface area contributed by atoms with Crippen LogP contribution in [0.2, 0.25) is 0 Å². The normalized spacial score (nSPS) is 10.2. The van der Waals surface area contributed by atoms with Crippen LogP contribution in [0.1, 0.15) is 20.2 Å². The Bertz CT molecular complexity index is 538. The predicted molar refractivity (Wildman–Crippen MR) is 66.9 cm³/mol. The monoisotopic (exact) mass is 248 g/mol. The second-order valence-electron chi connectivity index (χ2n) is 3.48. The van der Waals surface area contributed by atoms with Crippen molar-refractivity contribution in [2.75, 3.05) is 5.32 Å². The van der Waals surface area contributed by atoms with E-state index in [4.69, 9.17) is 5.73 Å². The number of pyridine rings is 1. The molecule has 0 radical (unpaired) electrons. The van der Waals surface area contributed by atoms with Crippen LogP contribution < -0.4 is 11.1 Å². The lowest BCUT2D eigenvalue weighted by Gasteiger charge is -2.06. The molecule has 0 atom stereocenters. The number of anilines is 1. The van der Waals surface area contributed by atoms with E-state index in [1.807, 2.05) is 13.1 Å². The van der Waals surface area contributed by atoms with E-state index in [1.54, 1.807) is 29.7 Å². The summed E-state index contributed by atoms with van der Waals surface area (Å²) < 4.78 is 0. The van der Waals surface area contributed by atoms with E-state index in [1.165, 1.54) is 0 Å². The molecule has 6 heteroatoms. The van der Waals surface area contributed by atoms with Gasteiger partial charge in [-0.1, -0.05) is 0 Å². The maximum atomic E-state index is 11.2. The smallest absolute Gasteiger partial charge is 0.252 e. The molecule has 5 nitrogen and oxygen atoms in total. The molecule has 2 heterocycles. The van der Waals surface area contributed by atoms with Crippen molar-refractivity contribution in [3.8, 4) is 0 Å². The van der Waals surface area contributed by atoms with Gasteiger partial charge in [-0.3, -0.25) is 4.79 Å². The van der Waals surface area contributed by atoms with Gasteiger partial charge in [-0.2, -0.15) is 0 Å². The molecule has 0 saturated carbocycles. The maximum absolute atomic E-state index is 11.2. The number of primary amides is 1. The van der Waals surface area contributed by atoms with Gasteiger partial charge in [0.1, 0.15) is 10.8 Å². The van der Waals surface area contributed by atoms with Gasteiger partial charge < -0.3 is 11.1 Å². The zero-order valence-electron chi connectivity index (χ0n) is 9.30. The van der Waals surface area contributed by atoms with E-state index in [0.717, 1.165) is 9.88 Å². The molecular weight excluding hydrogens is 236 g/mol. The molecule has 0 aliphatic rings. The predicted octanol–water partition coefficient (Wildman–Crippen LogP) is 1.56. The van der Waals surface area contributed by atoms with Crippen molar-refractivity contribution in [1.82, 2.24) is 9.97 Å². The number of carbonyl (C=O) groups is 1. The van der Waals surface area contributed by atoms with Gasteiger partial charge in [0.05, 0.1) is 12.1 Å². The molecule has 17 heavy (non-hydrogen) atoms. The molecular formula is C11H12N4OS. The highest BCUT2D eigenvalue weighted by molar-refractivity contribution is 7.11. The molecule has 0 aliphatic heterocycles. The van der Waals surface area contributed by atoms with Crippen molar-refractivity contribution in [3.63, 3.8) is 0 Å². The largest absolute Gasteiger partial charge is 0.365 e. The Labute approximate surface area is 103 Å². The fourth-order valence-electron chi connectivity index (χ4n) is 1.39. The summed E-state index contributed by atoms with van der Waals surface area (Å²) in [6.45, 7) is 2.53. The van der Waals surface area contributed by atoms with E-state index in [2.05, 4.69) is 15.3 Å². The molecule has 0 bridgehead atoms.